The van der Waals surface area contributed by atoms with Crippen molar-refractivity contribution in [1.29, 1.82) is 0 Å². The highest BCUT2D eigenvalue weighted by atomic mass is 16.5. The number of unbranched alkanes of at least 4 members (excludes halogenated alkanes) is 8. The molecular weight excluding hydrogens is 362 g/mol. The van der Waals surface area contributed by atoms with E-state index < -0.39 is 0 Å². The number of hydrogen-bond acceptors (Lipinski definition) is 4. The van der Waals surface area contributed by atoms with E-state index >= 15 is 0 Å². The van der Waals surface area contributed by atoms with Crippen LogP contribution in [0.2, 0.25) is 0 Å². The summed E-state index contributed by atoms with van der Waals surface area (Å²) in [7, 11) is 0. The first-order valence-electron chi connectivity index (χ1n) is 10.9. The van der Waals surface area contributed by atoms with Gasteiger partial charge in [-0.05, 0) is 18.1 Å². The molecule has 4 nitrogen and oxygen atoms in total. The molecule has 0 bridgehead atoms. The fourth-order valence-corrected chi connectivity index (χ4v) is 4.03. The van der Waals surface area contributed by atoms with Crippen LogP contribution in [0.4, 0.5) is 0 Å². The molecule has 0 radical (unpaired) electrons. The lowest BCUT2D eigenvalue weighted by molar-refractivity contribution is 0.0498. The third-order valence-electron chi connectivity index (χ3n) is 5.57. The zero-order valence-corrected chi connectivity index (χ0v) is 17.3. The van der Waals surface area contributed by atoms with Gasteiger partial charge in [0.25, 0.3) is 0 Å². The summed E-state index contributed by atoms with van der Waals surface area (Å²) in [6.45, 7) is 2.68. The van der Waals surface area contributed by atoms with Gasteiger partial charge in [0.05, 0.1) is 12.2 Å². The van der Waals surface area contributed by atoms with Crippen LogP contribution in [0.25, 0.3) is 11.1 Å². The van der Waals surface area contributed by atoms with E-state index in [0.29, 0.717) is 17.9 Å². The van der Waals surface area contributed by atoms with Crippen LogP contribution < -0.4 is 0 Å². The van der Waals surface area contributed by atoms with Gasteiger partial charge in [0.1, 0.15) is 5.71 Å². The number of carbonyl (C=O) groups is 1. The van der Waals surface area contributed by atoms with Crippen molar-refractivity contribution >= 4 is 11.7 Å². The van der Waals surface area contributed by atoms with Gasteiger partial charge >= 0.3 is 5.97 Å². The lowest BCUT2D eigenvalue weighted by Gasteiger charge is -2.09. The molecule has 0 saturated heterocycles. The molecule has 0 fully saturated rings. The van der Waals surface area contributed by atoms with Crippen LogP contribution in [-0.2, 0) is 4.74 Å². The second kappa shape index (κ2) is 10.8. The largest absolute Gasteiger partial charge is 0.462 e. The molecule has 4 heteroatoms. The normalized spacial score (nSPS) is 13.3. The SMILES string of the molecule is CCCCCCCCCCCOC(=O)c1cccc2c1-c1ccccc1C2=NO. The maximum atomic E-state index is 12.7. The van der Waals surface area contributed by atoms with Crippen molar-refractivity contribution in [3.63, 3.8) is 0 Å². The Morgan fingerprint density at radius 3 is 2.14 bits per heavy atom. The lowest BCUT2D eigenvalue weighted by Crippen LogP contribution is -2.08. The highest BCUT2D eigenvalue weighted by Gasteiger charge is 2.29. The van der Waals surface area contributed by atoms with Gasteiger partial charge in [0.15, 0.2) is 0 Å². The Hall–Kier alpha value is -2.62. The molecular formula is C25H31NO3. The van der Waals surface area contributed by atoms with E-state index in [1.807, 2.05) is 36.4 Å². The van der Waals surface area contributed by atoms with Crippen LogP contribution in [-0.4, -0.2) is 23.5 Å². The van der Waals surface area contributed by atoms with Gasteiger partial charge in [-0.2, -0.15) is 0 Å². The van der Waals surface area contributed by atoms with E-state index in [1.54, 1.807) is 6.07 Å². The first-order chi connectivity index (χ1) is 14.3. The summed E-state index contributed by atoms with van der Waals surface area (Å²) in [5.41, 5.74) is 4.35. The van der Waals surface area contributed by atoms with E-state index in [2.05, 4.69) is 12.1 Å². The minimum Gasteiger partial charge on any atom is -0.462 e. The summed E-state index contributed by atoms with van der Waals surface area (Å²) < 4.78 is 5.56. The van der Waals surface area contributed by atoms with Crippen molar-refractivity contribution in [3.05, 3.63) is 59.2 Å². The van der Waals surface area contributed by atoms with E-state index in [0.717, 1.165) is 35.1 Å². The summed E-state index contributed by atoms with van der Waals surface area (Å²) in [6, 6.07) is 13.2. The number of esters is 1. The van der Waals surface area contributed by atoms with Crippen LogP contribution in [0.1, 0.15) is 86.2 Å². The third kappa shape index (κ3) is 5.06. The van der Waals surface area contributed by atoms with Crippen molar-refractivity contribution in [2.75, 3.05) is 6.61 Å². The molecule has 29 heavy (non-hydrogen) atoms. The number of nitrogens with zero attached hydrogens (tertiary/aromatic N) is 1. The van der Waals surface area contributed by atoms with Gasteiger partial charge in [-0.15, -0.1) is 0 Å². The summed E-state index contributed by atoms with van der Waals surface area (Å²) >= 11 is 0. The number of ether oxygens (including phenoxy) is 1. The maximum absolute atomic E-state index is 12.7. The molecule has 1 N–H and O–H groups in total. The van der Waals surface area contributed by atoms with Gasteiger partial charge in [-0.3, -0.25) is 0 Å². The fourth-order valence-electron chi connectivity index (χ4n) is 4.03. The van der Waals surface area contributed by atoms with Crippen LogP contribution in [0.5, 0.6) is 0 Å². The molecule has 2 aromatic carbocycles. The van der Waals surface area contributed by atoms with E-state index in [-0.39, 0.29) is 5.97 Å². The number of benzene rings is 2. The summed E-state index contributed by atoms with van der Waals surface area (Å²) in [4.78, 5) is 12.7. The molecule has 1 aliphatic rings. The molecule has 0 amide bonds. The van der Waals surface area contributed by atoms with Gasteiger partial charge < -0.3 is 9.94 Å². The molecule has 0 unspecified atom stereocenters. The maximum Gasteiger partial charge on any atom is 0.338 e. The van der Waals surface area contributed by atoms with Crippen LogP contribution in [0.15, 0.2) is 47.6 Å². The van der Waals surface area contributed by atoms with Crippen molar-refractivity contribution in [2.24, 2.45) is 5.16 Å². The molecule has 1 aliphatic carbocycles. The average Bonchev–Trinajstić information content (AvgIpc) is 3.08. The predicted molar refractivity (Wildman–Crippen MR) is 117 cm³/mol. The second-order valence-corrected chi connectivity index (χ2v) is 7.69. The van der Waals surface area contributed by atoms with Gasteiger partial charge in [0, 0.05) is 16.7 Å². The molecule has 0 aromatic heterocycles. The lowest BCUT2D eigenvalue weighted by atomic mass is 9.99. The molecule has 154 valence electrons. The zero-order chi connectivity index (χ0) is 20.5. The van der Waals surface area contributed by atoms with E-state index in [9.17, 15) is 10.0 Å². The standard InChI is InChI=1S/C25H31NO3/c1-2-3-4-5-6-7-8-9-12-18-29-25(27)22-17-13-16-21-23(22)19-14-10-11-15-20(19)24(21)26-28/h10-11,13-17,28H,2-9,12,18H2,1H3. The zero-order valence-electron chi connectivity index (χ0n) is 17.3. The molecule has 0 heterocycles. The minimum absolute atomic E-state index is 0.310. The van der Waals surface area contributed by atoms with Crippen molar-refractivity contribution in [2.45, 2.75) is 64.7 Å². The Morgan fingerprint density at radius 2 is 1.45 bits per heavy atom. The van der Waals surface area contributed by atoms with E-state index in [4.69, 9.17) is 4.74 Å². The molecule has 0 spiro atoms. The molecule has 3 rings (SSSR count). The van der Waals surface area contributed by atoms with Gasteiger partial charge in [-0.25, -0.2) is 4.79 Å². The van der Waals surface area contributed by atoms with Crippen molar-refractivity contribution in [3.8, 4) is 11.1 Å². The number of hydrogen-bond donors (Lipinski definition) is 1. The molecule has 0 aliphatic heterocycles. The van der Waals surface area contributed by atoms with Crippen molar-refractivity contribution in [1.82, 2.24) is 0 Å². The Kier molecular flexibility index (Phi) is 7.85. The number of carbonyl (C=O) groups excluding carboxylic acids is 1. The summed E-state index contributed by atoms with van der Waals surface area (Å²) in [5.74, 6) is -0.310. The van der Waals surface area contributed by atoms with Crippen LogP contribution in [0.3, 0.4) is 0 Å². The predicted octanol–water partition coefficient (Wildman–Crippen LogP) is 6.58. The quantitative estimate of drug-likeness (QED) is 0.173. The smallest absolute Gasteiger partial charge is 0.338 e. The highest BCUT2D eigenvalue weighted by Crippen LogP contribution is 2.39. The van der Waals surface area contributed by atoms with Crippen molar-refractivity contribution < 1.29 is 14.7 Å². The highest BCUT2D eigenvalue weighted by molar-refractivity contribution is 6.26. The summed E-state index contributed by atoms with van der Waals surface area (Å²) in [6.07, 6.45) is 11.1. The monoisotopic (exact) mass is 393 g/mol. The number of rotatable bonds is 11. The van der Waals surface area contributed by atoms with Gasteiger partial charge in [0.2, 0.25) is 0 Å². The first kappa shape index (κ1) is 21.1. The first-order valence-corrected chi connectivity index (χ1v) is 10.9. The summed E-state index contributed by atoms with van der Waals surface area (Å²) in [5, 5.41) is 12.9. The number of fused-ring (bicyclic) bond motifs is 3. The minimum atomic E-state index is -0.310. The van der Waals surface area contributed by atoms with Crippen LogP contribution in [0, 0.1) is 0 Å². The van der Waals surface area contributed by atoms with Gasteiger partial charge in [-0.1, -0.05) is 99.8 Å². The third-order valence-corrected chi connectivity index (χ3v) is 5.57. The molecule has 0 saturated carbocycles. The number of oxime groups is 1. The molecule has 0 atom stereocenters. The molecule has 2 aromatic rings. The second-order valence-electron chi connectivity index (χ2n) is 7.69. The van der Waals surface area contributed by atoms with E-state index in [1.165, 1.54) is 44.9 Å². The van der Waals surface area contributed by atoms with Crippen LogP contribution >= 0.6 is 0 Å². The Morgan fingerprint density at radius 1 is 0.828 bits per heavy atom. The topological polar surface area (TPSA) is 58.9 Å². The average molecular weight is 394 g/mol. The Bertz CT molecular complexity index is 857. The Balaban J connectivity index is 1.52. The Labute approximate surface area is 173 Å². The fraction of sp³-hybridized carbons (Fsp3) is 0.440.